The number of hydrogen-bond acceptors (Lipinski definition) is 1. The zero-order valence-electron chi connectivity index (χ0n) is 10.8. The Balaban J connectivity index is 1.65. The second kappa shape index (κ2) is 6.44. The molecule has 1 fully saturated rings. The van der Waals surface area contributed by atoms with Gasteiger partial charge >= 0.3 is 0 Å². The fraction of sp³-hybridized carbons (Fsp3) is 0.867. The third-order valence-electron chi connectivity index (χ3n) is 4.42. The lowest BCUT2D eigenvalue weighted by molar-refractivity contribution is 0.391. The Labute approximate surface area is 101 Å². The van der Waals surface area contributed by atoms with Gasteiger partial charge in [-0.3, -0.25) is 0 Å². The van der Waals surface area contributed by atoms with Gasteiger partial charge in [-0.25, -0.2) is 0 Å². The van der Waals surface area contributed by atoms with Crippen molar-refractivity contribution in [1.29, 1.82) is 0 Å². The first-order valence-corrected chi connectivity index (χ1v) is 7.31. The Kier molecular flexibility index (Phi) is 4.90. The first-order valence-electron chi connectivity index (χ1n) is 7.31. The largest absolute Gasteiger partial charge is 0.313 e. The lowest BCUT2D eigenvalue weighted by Crippen LogP contribution is -2.33. The highest BCUT2D eigenvalue weighted by atomic mass is 14.9. The Hall–Kier alpha value is -0.300. The van der Waals surface area contributed by atoms with E-state index >= 15 is 0 Å². The quantitative estimate of drug-likeness (QED) is 0.691. The number of allylic oxidation sites excluding steroid dienone is 1. The summed E-state index contributed by atoms with van der Waals surface area (Å²) in [5.74, 6) is 0.959. The molecule has 2 unspecified atom stereocenters. The topological polar surface area (TPSA) is 12.0 Å². The SMILES string of the molecule is CCC1CCCC1NCCC1=CCCCC1. The minimum Gasteiger partial charge on any atom is -0.313 e. The van der Waals surface area contributed by atoms with Crippen molar-refractivity contribution in [1.82, 2.24) is 5.32 Å². The molecule has 2 aliphatic carbocycles. The maximum absolute atomic E-state index is 3.79. The highest BCUT2D eigenvalue weighted by Crippen LogP contribution is 2.28. The van der Waals surface area contributed by atoms with E-state index in [0.29, 0.717) is 0 Å². The molecule has 0 aliphatic heterocycles. The van der Waals surface area contributed by atoms with Crippen LogP contribution in [0.5, 0.6) is 0 Å². The minimum atomic E-state index is 0.828. The zero-order chi connectivity index (χ0) is 11.2. The van der Waals surface area contributed by atoms with Crippen molar-refractivity contribution in [3.63, 3.8) is 0 Å². The van der Waals surface area contributed by atoms with Crippen LogP contribution in [0.1, 0.15) is 64.7 Å². The van der Waals surface area contributed by atoms with Gasteiger partial charge in [0.05, 0.1) is 0 Å². The summed E-state index contributed by atoms with van der Waals surface area (Å²) >= 11 is 0. The standard InChI is InChI=1S/C15H27N/c1-2-14-9-6-10-15(14)16-12-11-13-7-4-3-5-8-13/h7,14-16H,2-6,8-12H2,1H3. The number of hydrogen-bond donors (Lipinski definition) is 1. The molecule has 0 spiro atoms. The molecule has 0 aromatic carbocycles. The molecule has 2 atom stereocenters. The van der Waals surface area contributed by atoms with Crippen molar-refractivity contribution < 1.29 is 0 Å². The summed E-state index contributed by atoms with van der Waals surface area (Å²) in [4.78, 5) is 0. The first-order chi connectivity index (χ1) is 7.90. The third kappa shape index (κ3) is 3.35. The fourth-order valence-corrected chi connectivity index (χ4v) is 3.34. The molecule has 16 heavy (non-hydrogen) atoms. The third-order valence-corrected chi connectivity index (χ3v) is 4.42. The molecular formula is C15H27N. The van der Waals surface area contributed by atoms with Crippen molar-refractivity contribution in [2.45, 2.75) is 70.8 Å². The Morgan fingerprint density at radius 2 is 2.19 bits per heavy atom. The van der Waals surface area contributed by atoms with Gasteiger partial charge in [0.2, 0.25) is 0 Å². The van der Waals surface area contributed by atoms with Gasteiger partial charge in [-0.15, -0.1) is 0 Å². The van der Waals surface area contributed by atoms with Crippen molar-refractivity contribution >= 4 is 0 Å². The predicted molar refractivity (Wildman–Crippen MR) is 70.6 cm³/mol. The minimum absolute atomic E-state index is 0.828. The van der Waals surface area contributed by atoms with Gasteiger partial charge in [0, 0.05) is 6.04 Å². The molecule has 0 amide bonds. The molecule has 0 radical (unpaired) electrons. The van der Waals surface area contributed by atoms with Crippen LogP contribution in [0.2, 0.25) is 0 Å². The molecule has 0 aromatic rings. The maximum atomic E-state index is 3.79. The van der Waals surface area contributed by atoms with Crippen LogP contribution >= 0.6 is 0 Å². The Bertz CT molecular complexity index is 232. The van der Waals surface area contributed by atoms with E-state index in [-0.39, 0.29) is 0 Å². The Morgan fingerprint density at radius 3 is 2.94 bits per heavy atom. The first kappa shape index (κ1) is 12.2. The molecule has 92 valence electrons. The van der Waals surface area contributed by atoms with Crippen LogP contribution in [-0.4, -0.2) is 12.6 Å². The van der Waals surface area contributed by atoms with Crippen LogP contribution < -0.4 is 5.32 Å². The average molecular weight is 221 g/mol. The van der Waals surface area contributed by atoms with Gasteiger partial charge in [-0.2, -0.15) is 0 Å². The Morgan fingerprint density at radius 1 is 1.25 bits per heavy atom. The summed E-state index contributed by atoms with van der Waals surface area (Å²) < 4.78 is 0. The van der Waals surface area contributed by atoms with E-state index in [1.165, 1.54) is 64.3 Å². The summed E-state index contributed by atoms with van der Waals surface area (Å²) in [6.07, 6.45) is 15.0. The van der Waals surface area contributed by atoms with Gasteiger partial charge in [-0.05, 0) is 57.4 Å². The molecule has 0 heterocycles. The molecule has 1 N–H and O–H groups in total. The van der Waals surface area contributed by atoms with Crippen LogP contribution in [0.3, 0.4) is 0 Å². The summed E-state index contributed by atoms with van der Waals surface area (Å²) in [7, 11) is 0. The van der Waals surface area contributed by atoms with Crippen LogP contribution in [0.4, 0.5) is 0 Å². The van der Waals surface area contributed by atoms with Gasteiger partial charge in [0.15, 0.2) is 0 Å². The van der Waals surface area contributed by atoms with Crippen molar-refractivity contribution in [2.24, 2.45) is 5.92 Å². The molecule has 2 aliphatic rings. The van der Waals surface area contributed by atoms with Gasteiger partial charge < -0.3 is 5.32 Å². The van der Waals surface area contributed by atoms with E-state index in [4.69, 9.17) is 0 Å². The van der Waals surface area contributed by atoms with Gasteiger partial charge in [0.1, 0.15) is 0 Å². The van der Waals surface area contributed by atoms with Crippen molar-refractivity contribution in [3.05, 3.63) is 11.6 Å². The lowest BCUT2D eigenvalue weighted by atomic mass is 9.96. The van der Waals surface area contributed by atoms with Crippen LogP contribution in [0.15, 0.2) is 11.6 Å². The zero-order valence-corrected chi connectivity index (χ0v) is 10.8. The molecule has 1 nitrogen and oxygen atoms in total. The summed E-state index contributed by atoms with van der Waals surface area (Å²) in [5.41, 5.74) is 1.71. The summed E-state index contributed by atoms with van der Waals surface area (Å²) in [6, 6.07) is 0.828. The van der Waals surface area contributed by atoms with E-state index < -0.39 is 0 Å². The molecule has 1 heteroatoms. The van der Waals surface area contributed by atoms with Crippen molar-refractivity contribution in [2.75, 3.05) is 6.54 Å². The smallest absolute Gasteiger partial charge is 0.00953 e. The summed E-state index contributed by atoms with van der Waals surface area (Å²) in [5, 5.41) is 3.79. The molecule has 1 saturated carbocycles. The second-order valence-corrected chi connectivity index (χ2v) is 5.52. The molecule has 0 bridgehead atoms. The average Bonchev–Trinajstić information content (AvgIpc) is 2.78. The van der Waals surface area contributed by atoms with E-state index in [2.05, 4.69) is 18.3 Å². The maximum Gasteiger partial charge on any atom is 0.00953 e. The fourth-order valence-electron chi connectivity index (χ4n) is 3.34. The van der Waals surface area contributed by atoms with E-state index in [1.807, 2.05) is 0 Å². The monoisotopic (exact) mass is 221 g/mol. The van der Waals surface area contributed by atoms with E-state index in [0.717, 1.165) is 12.0 Å². The highest BCUT2D eigenvalue weighted by molar-refractivity contribution is 5.05. The molecule has 2 rings (SSSR count). The van der Waals surface area contributed by atoms with Gasteiger partial charge in [-0.1, -0.05) is 31.4 Å². The summed E-state index contributed by atoms with van der Waals surface area (Å²) in [6.45, 7) is 3.56. The van der Waals surface area contributed by atoms with E-state index in [1.54, 1.807) is 5.57 Å². The second-order valence-electron chi connectivity index (χ2n) is 5.52. The van der Waals surface area contributed by atoms with Gasteiger partial charge in [0.25, 0.3) is 0 Å². The van der Waals surface area contributed by atoms with Crippen LogP contribution in [0.25, 0.3) is 0 Å². The van der Waals surface area contributed by atoms with Crippen LogP contribution in [-0.2, 0) is 0 Å². The molecule has 0 aromatic heterocycles. The van der Waals surface area contributed by atoms with Crippen LogP contribution in [0, 0.1) is 5.92 Å². The molecule has 0 saturated heterocycles. The lowest BCUT2D eigenvalue weighted by Gasteiger charge is -2.20. The van der Waals surface area contributed by atoms with E-state index in [9.17, 15) is 0 Å². The number of nitrogens with one attached hydrogen (secondary N) is 1. The highest BCUT2D eigenvalue weighted by Gasteiger charge is 2.24. The van der Waals surface area contributed by atoms with Crippen molar-refractivity contribution in [3.8, 4) is 0 Å². The normalized spacial score (nSPS) is 30.4. The molecular weight excluding hydrogens is 194 g/mol. The predicted octanol–water partition coefficient (Wildman–Crippen LogP) is 4.05. The number of rotatable bonds is 5.